The van der Waals surface area contributed by atoms with E-state index in [0.29, 0.717) is 5.92 Å². The van der Waals surface area contributed by atoms with Gasteiger partial charge in [-0.25, -0.2) is 0 Å². The van der Waals surface area contributed by atoms with Crippen LogP contribution in [0.5, 0.6) is 0 Å². The monoisotopic (exact) mass is 680 g/mol. The minimum absolute atomic E-state index is 0.410. The van der Waals surface area contributed by atoms with E-state index in [1.165, 1.54) is 39.0 Å². The molecule has 46 heavy (non-hydrogen) atoms. The van der Waals surface area contributed by atoms with Gasteiger partial charge in [0.25, 0.3) is 0 Å². The first-order valence-corrected chi connectivity index (χ1v) is 30.1. The first-order valence-electron chi connectivity index (χ1n) is 17.6. The van der Waals surface area contributed by atoms with Gasteiger partial charge in [0.1, 0.15) is 0 Å². The molecule has 3 aromatic rings. The number of hydrogen-bond donors (Lipinski definition) is 0. The van der Waals surface area contributed by atoms with Gasteiger partial charge in [0.05, 0.1) is 24.2 Å². The van der Waals surface area contributed by atoms with Crippen LogP contribution in [0.15, 0.2) is 58.3 Å². The van der Waals surface area contributed by atoms with E-state index in [2.05, 4.69) is 165 Å². The van der Waals surface area contributed by atoms with Crippen molar-refractivity contribution in [2.75, 3.05) is 0 Å². The molecule has 0 spiro atoms. The van der Waals surface area contributed by atoms with Gasteiger partial charge in [-0.05, 0) is 89.4 Å². The lowest BCUT2D eigenvalue weighted by Crippen LogP contribution is -2.81. The molecular weight excluding hydrogens is 617 g/mol. The molecule has 0 radical (unpaired) electrons. The lowest BCUT2D eigenvalue weighted by molar-refractivity contribution is 0.852. The van der Waals surface area contributed by atoms with Gasteiger partial charge in [-0.1, -0.05) is 168 Å². The molecule has 1 unspecified atom stereocenters. The van der Waals surface area contributed by atoms with E-state index < -0.39 is 32.3 Å². The second kappa shape index (κ2) is 12.2. The zero-order valence-corrected chi connectivity index (χ0v) is 37.0. The Balaban J connectivity index is 2.61. The van der Waals surface area contributed by atoms with Gasteiger partial charge in [-0.3, -0.25) is 0 Å². The quantitative estimate of drug-likeness (QED) is 0.174. The van der Waals surface area contributed by atoms with Gasteiger partial charge < -0.3 is 0 Å². The first kappa shape index (κ1) is 36.8. The topological polar surface area (TPSA) is 0 Å². The van der Waals surface area contributed by atoms with Crippen LogP contribution in [-0.2, 0) is 0 Å². The standard InChI is InChI=1S/C42H64Si4/c1-26-20-29(4)39(43(11,12)13)36(23-26)46(42-34(9)32(7)33(8)35(42)10,37-24-27(2)21-30(5)40(37)44(14,15)16)38-25-28(3)22-31(6)41(38)45(17,18)19/h20-25,34H,1-19H3. The Bertz CT molecular complexity index is 1610. The highest BCUT2D eigenvalue weighted by molar-refractivity contribution is 7.22. The zero-order chi connectivity index (χ0) is 35.1. The summed E-state index contributed by atoms with van der Waals surface area (Å²) < 4.78 is 0. The fourth-order valence-electron chi connectivity index (χ4n) is 9.62. The fourth-order valence-corrected chi connectivity index (χ4v) is 27.5. The molecule has 0 saturated heterocycles. The SMILES string of the molecule is CC1=C(C)C(C)C([Si](c2cc(C)cc(C)c2[Si](C)(C)C)(c2cc(C)cc(C)c2[Si](C)(C)C)c2cc(C)cc(C)c2[Si](C)(C)C)=C1C. The molecule has 0 aliphatic heterocycles. The van der Waals surface area contributed by atoms with E-state index in [4.69, 9.17) is 0 Å². The van der Waals surface area contributed by atoms with Gasteiger partial charge >= 0.3 is 0 Å². The molecule has 0 aromatic heterocycles. The first-order chi connectivity index (χ1) is 20.9. The van der Waals surface area contributed by atoms with Crippen LogP contribution >= 0.6 is 0 Å². The van der Waals surface area contributed by atoms with Crippen molar-refractivity contribution >= 4 is 63.4 Å². The van der Waals surface area contributed by atoms with E-state index in [9.17, 15) is 0 Å². The van der Waals surface area contributed by atoms with Gasteiger partial charge in [0.15, 0.2) is 8.07 Å². The Kier molecular flexibility index (Phi) is 9.74. The van der Waals surface area contributed by atoms with E-state index in [-0.39, 0.29) is 0 Å². The van der Waals surface area contributed by atoms with E-state index >= 15 is 0 Å². The molecule has 1 atom stereocenters. The number of rotatable bonds is 7. The summed E-state index contributed by atoms with van der Waals surface area (Å²) in [6.07, 6.45) is 0. The molecule has 0 N–H and O–H groups in total. The Hall–Kier alpha value is -1.99. The van der Waals surface area contributed by atoms with Crippen LogP contribution < -0.4 is 31.1 Å². The summed E-state index contributed by atoms with van der Waals surface area (Å²) in [7, 11) is -8.34. The van der Waals surface area contributed by atoms with Gasteiger partial charge in [0, 0.05) is 0 Å². The highest BCUT2D eigenvalue weighted by Crippen LogP contribution is 2.42. The van der Waals surface area contributed by atoms with Crippen LogP contribution in [0, 0.1) is 47.5 Å². The smallest absolute Gasteiger partial charge is 0.0656 e. The minimum atomic E-state index is -2.91. The highest BCUT2D eigenvalue weighted by Gasteiger charge is 2.54. The highest BCUT2D eigenvalue weighted by atomic mass is 28.3. The molecule has 248 valence electrons. The zero-order valence-electron chi connectivity index (χ0n) is 33.0. The van der Waals surface area contributed by atoms with Crippen molar-refractivity contribution in [2.24, 2.45) is 5.92 Å². The number of benzene rings is 3. The fraction of sp³-hybridized carbons (Fsp3) is 0.476. The molecule has 0 amide bonds. The normalized spacial score (nSPS) is 16.6. The van der Waals surface area contributed by atoms with Gasteiger partial charge in [-0.2, -0.15) is 0 Å². The van der Waals surface area contributed by atoms with Crippen LogP contribution in [-0.4, -0.2) is 32.3 Å². The van der Waals surface area contributed by atoms with Crippen molar-refractivity contribution in [3.63, 3.8) is 0 Å². The van der Waals surface area contributed by atoms with Crippen molar-refractivity contribution < 1.29 is 0 Å². The molecule has 0 bridgehead atoms. The lowest BCUT2D eigenvalue weighted by Gasteiger charge is -2.47. The molecule has 0 fully saturated rings. The summed E-state index contributed by atoms with van der Waals surface area (Å²) in [4.78, 5) is 0. The molecule has 0 heterocycles. The van der Waals surface area contributed by atoms with Crippen molar-refractivity contribution in [1.29, 1.82) is 0 Å². The third-order valence-electron chi connectivity index (χ3n) is 10.9. The van der Waals surface area contributed by atoms with Gasteiger partial charge in [-0.15, -0.1) is 0 Å². The second-order valence-corrected chi connectivity index (χ2v) is 36.7. The summed E-state index contributed by atoms with van der Waals surface area (Å²) in [5, 5.41) is 12.0. The van der Waals surface area contributed by atoms with E-state index in [0.717, 1.165) is 0 Å². The Morgan fingerprint density at radius 2 is 0.696 bits per heavy atom. The Morgan fingerprint density at radius 3 is 0.913 bits per heavy atom. The number of aryl methyl sites for hydroxylation is 6. The summed E-state index contributed by atoms with van der Waals surface area (Å²) in [5.41, 5.74) is 13.4. The van der Waals surface area contributed by atoms with Crippen LogP contribution in [0.4, 0.5) is 0 Å². The summed E-state index contributed by atoms with van der Waals surface area (Å²) in [5.74, 6) is 0.410. The maximum atomic E-state index is 2.71. The molecule has 0 nitrogen and oxygen atoms in total. The number of hydrogen-bond acceptors (Lipinski definition) is 0. The molecule has 4 rings (SSSR count). The molecule has 1 aliphatic carbocycles. The summed E-state index contributed by atoms with van der Waals surface area (Å²) >= 11 is 0. The molecule has 3 aromatic carbocycles. The van der Waals surface area contributed by atoms with Crippen molar-refractivity contribution in [3.8, 4) is 0 Å². The van der Waals surface area contributed by atoms with Crippen LogP contribution in [0.2, 0.25) is 58.9 Å². The lowest BCUT2D eigenvalue weighted by atomic mass is 10.1. The largest absolute Gasteiger partial charge is 0.176 e. The minimum Gasteiger partial charge on any atom is -0.0656 e. The predicted molar refractivity (Wildman–Crippen MR) is 222 cm³/mol. The molecular formula is C42H64Si4. The predicted octanol–water partition coefficient (Wildman–Crippen LogP) is 8.48. The third kappa shape index (κ3) is 6.06. The third-order valence-corrected chi connectivity index (χ3v) is 23.4. The molecule has 4 heteroatoms. The average Bonchev–Trinajstić information content (AvgIpc) is 3.04. The van der Waals surface area contributed by atoms with Crippen molar-refractivity contribution in [1.82, 2.24) is 0 Å². The summed E-state index contributed by atoms with van der Waals surface area (Å²) in [6, 6.07) is 15.6. The van der Waals surface area contributed by atoms with E-state index in [1.54, 1.807) is 47.5 Å². The van der Waals surface area contributed by atoms with Gasteiger partial charge in [0.2, 0.25) is 0 Å². The number of allylic oxidation sites excluding steroid dienone is 4. The molecule has 1 aliphatic rings. The maximum Gasteiger partial charge on any atom is 0.176 e. The Morgan fingerprint density at radius 1 is 0.413 bits per heavy atom. The Labute approximate surface area is 287 Å². The average molecular weight is 681 g/mol. The van der Waals surface area contributed by atoms with Crippen molar-refractivity contribution in [3.05, 3.63) is 91.7 Å². The molecule has 0 saturated carbocycles. The van der Waals surface area contributed by atoms with Crippen LogP contribution in [0.1, 0.15) is 61.1 Å². The maximum absolute atomic E-state index is 2.91. The van der Waals surface area contributed by atoms with Crippen LogP contribution in [0.25, 0.3) is 0 Å². The van der Waals surface area contributed by atoms with E-state index in [1.807, 2.05) is 0 Å². The van der Waals surface area contributed by atoms with Crippen molar-refractivity contribution in [2.45, 2.75) is 128 Å². The second-order valence-electron chi connectivity index (χ2n) is 18.1. The van der Waals surface area contributed by atoms with Crippen LogP contribution in [0.3, 0.4) is 0 Å². The summed E-state index contributed by atoms with van der Waals surface area (Å²) in [6.45, 7) is 47.7.